The van der Waals surface area contributed by atoms with Crippen molar-refractivity contribution >= 4 is 39.0 Å². The summed E-state index contributed by atoms with van der Waals surface area (Å²) < 4.78 is 2.10. The summed E-state index contributed by atoms with van der Waals surface area (Å²) in [6.07, 6.45) is 7.40. The SMILES string of the molecule is CCc1csc(Nc2ccc(-c3nc(N)c4cnn(C5CCC(N6CCN(C)CC6)CC5)c4n3)cc2)n1. The van der Waals surface area contributed by atoms with Gasteiger partial charge in [0, 0.05) is 48.9 Å². The summed E-state index contributed by atoms with van der Waals surface area (Å²) in [7, 11) is 2.22. The van der Waals surface area contributed by atoms with Crippen molar-refractivity contribution in [1.29, 1.82) is 0 Å². The fourth-order valence-corrected chi connectivity index (χ4v) is 6.37. The summed E-state index contributed by atoms with van der Waals surface area (Å²) in [4.78, 5) is 19.3. The smallest absolute Gasteiger partial charge is 0.187 e. The molecule has 1 aromatic carbocycles. The van der Waals surface area contributed by atoms with Gasteiger partial charge in [-0.3, -0.25) is 4.90 Å². The fraction of sp³-hybridized carbons (Fsp3) is 0.481. The van der Waals surface area contributed by atoms with E-state index in [1.165, 1.54) is 39.0 Å². The molecule has 37 heavy (non-hydrogen) atoms. The lowest BCUT2D eigenvalue weighted by Gasteiger charge is -2.41. The van der Waals surface area contributed by atoms with Gasteiger partial charge >= 0.3 is 0 Å². The zero-order chi connectivity index (χ0) is 25.4. The molecule has 3 aromatic heterocycles. The largest absolute Gasteiger partial charge is 0.383 e. The fourth-order valence-electron chi connectivity index (χ4n) is 5.55. The standard InChI is InChI=1S/C27H35N9S/c1-3-19-17-37-27(30-19)31-20-6-4-18(5-7-20)25-32-24(28)23-16-29-36(26(23)33-25)22-10-8-21(9-11-22)35-14-12-34(2)13-15-35/h4-7,16-17,21-22H,3,8-15H2,1-2H3,(H,30,31)(H2,28,32,33). The minimum absolute atomic E-state index is 0.348. The monoisotopic (exact) mass is 517 g/mol. The Kier molecular flexibility index (Phi) is 6.79. The van der Waals surface area contributed by atoms with Crippen LogP contribution in [0, 0.1) is 0 Å². The second-order valence-corrected chi connectivity index (χ2v) is 11.1. The van der Waals surface area contributed by atoms with Crippen molar-refractivity contribution < 1.29 is 0 Å². The first kappa shape index (κ1) is 24.3. The molecule has 4 heterocycles. The molecule has 0 radical (unpaired) electrons. The quantitative estimate of drug-likeness (QED) is 0.384. The Morgan fingerprint density at radius 1 is 0.973 bits per heavy atom. The Labute approximate surface area is 221 Å². The maximum atomic E-state index is 6.38. The molecule has 2 fully saturated rings. The van der Waals surface area contributed by atoms with Crippen LogP contribution in [-0.4, -0.2) is 73.8 Å². The van der Waals surface area contributed by atoms with Crippen molar-refractivity contribution in [2.24, 2.45) is 0 Å². The van der Waals surface area contributed by atoms with E-state index >= 15 is 0 Å². The van der Waals surface area contributed by atoms with Crippen molar-refractivity contribution in [1.82, 2.24) is 34.5 Å². The first-order chi connectivity index (χ1) is 18.1. The molecule has 1 aliphatic carbocycles. The lowest BCUT2D eigenvalue weighted by Crippen LogP contribution is -2.49. The molecule has 3 N–H and O–H groups in total. The summed E-state index contributed by atoms with van der Waals surface area (Å²) in [5.74, 6) is 1.11. The van der Waals surface area contributed by atoms with Gasteiger partial charge in [-0.1, -0.05) is 6.92 Å². The van der Waals surface area contributed by atoms with Crippen LogP contribution < -0.4 is 11.1 Å². The average molecular weight is 518 g/mol. The van der Waals surface area contributed by atoms with Crippen LogP contribution in [0.15, 0.2) is 35.8 Å². The number of nitrogens with two attached hydrogens (primary N) is 1. The molecule has 9 nitrogen and oxygen atoms in total. The first-order valence-electron chi connectivity index (χ1n) is 13.3. The number of aryl methyl sites for hydroxylation is 1. The normalized spacial score (nSPS) is 21.5. The molecule has 4 aromatic rings. The molecule has 194 valence electrons. The highest BCUT2D eigenvalue weighted by Gasteiger charge is 2.29. The molecule has 0 spiro atoms. The first-order valence-corrected chi connectivity index (χ1v) is 14.2. The molecular formula is C27H35N9S. The average Bonchev–Trinajstić information content (AvgIpc) is 3.57. The number of thiazole rings is 1. The summed E-state index contributed by atoms with van der Waals surface area (Å²) in [5.41, 5.74) is 10.2. The predicted octanol–water partition coefficient (Wildman–Crippen LogP) is 4.57. The molecule has 1 saturated heterocycles. The molecule has 1 saturated carbocycles. The molecule has 6 rings (SSSR count). The number of likely N-dealkylation sites (N-methyl/N-ethyl adjacent to an activating group) is 1. The van der Waals surface area contributed by atoms with E-state index < -0.39 is 0 Å². The van der Waals surface area contributed by atoms with E-state index in [-0.39, 0.29) is 0 Å². The number of fused-ring (bicyclic) bond motifs is 1. The van der Waals surface area contributed by atoms with Crippen LogP contribution in [0.25, 0.3) is 22.4 Å². The number of benzene rings is 1. The Morgan fingerprint density at radius 3 is 2.41 bits per heavy atom. The van der Waals surface area contributed by atoms with Gasteiger partial charge in [0.05, 0.1) is 23.3 Å². The summed E-state index contributed by atoms with van der Waals surface area (Å²) in [6.45, 7) is 6.82. The highest BCUT2D eigenvalue weighted by molar-refractivity contribution is 7.13. The zero-order valence-corrected chi connectivity index (χ0v) is 22.4. The van der Waals surface area contributed by atoms with Gasteiger partial charge in [0.15, 0.2) is 16.6 Å². The zero-order valence-electron chi connectivity index (χ0n) is 21.6. The van der Waals surface area contributed by atoms with Crippen molar-refractivity contribution in [2.75, 3.05) is 44.3 Å². The second-order valence-electron chi connectivity index (χ2n) is 10.3. The molecule has 0 amide bonds. The maximum absolute atomic E-state index is 6.38. The third kappa shape index (κ3) is 5.05. The van der Waals surface area contributed by atoms with Crippen LogP contribution in [-0.2, 0) is 6.42 Å². The van der Waals surface area contributed by atoms with E-state index in [2.05, 4.69) is 49.1 Å². The maximum Gasteiger partial charge on any atom is 0.187 e. The minimum atomic E-state index is 0.348. The van der Waals surface area contributed by atoms with Crippen LogP contribution in [0.3, 0.4) is 0 Å². The van der Waals surface area contributed by atoms with Gasteiger partial charge in [-0.25, -0.2) is 19.6 Å². The van der Waals surface area contributed by atoms with Crippen LogP contribution in [0.4, 0.5) is 16.6 Å². The lowest BCUT2D eigenvalue weighted by molar-refractivity contribution is 0.0815. The van der Waals surface area contributed by atoms with Crippen LogP contribution in [0.1, 0.15) is 44.3 Å². The highest BCUT2D eigenvalue weighted by Crippen LogP contribution is 2.34. The Hall–Kier alpha value is -3.08. The second kappa shape index (κ2) is 10.4. The number of aromatic nitrogens is 5. The summed E-state index contributed by atoms with van der Waals surface area (Å²) >= 11 is 1.62. The van der Waals surface area contributed by atoms with Crippen molar-refractivity contribution in [2.45, 2.75) is 51.1 Å². The summed E-state index contributed by atoms with van der Waals surface area (Å²) in [6, 6.07) is 9.15. The van der Waals surface area contributed by atoms with E-state index in [0.717, 1.165) is 52.4 Å². The van der Waals surface area contributed by atoms with E-state index in [9.17, 15) is 0 Å². The molecular weight excluding hydrogens is 482 g/mol. The van der Waals surface area contributed by atoms with Crippen LogP contribution >= 0.6 is 11.3 Å². The van der Waals surface area contributed by atoms with Gasteiger partial charge in [-0.2, -0.15) is 5.10 Å². The minimum Gasteiger partial charge on any atom is -0.383 e. The Balaban J connectivity index is 1.18. The Bertz CT molecular complexity index is 1350. The highest BCUT2D eigenvalue weighted by atomic mass is 32.1. The topological polar surface area (TPSA) is 101 Å². The molecule has 2 aliphatic rings. The van der Waals surface area contributed by atoms with Gasteiger partial charge in [0.2, 0.25) is 0 Å². The number of piperazine rings is 1. The van der Waals surface area contributed by atoms with Gasteiger partial charge in [0.1, 0.15) is 5.82 Å². The number of nitrogen functional groups attached to an aromatic ring is 1. The van der Waals surface area contributed by atoms with Crippen molar-refractivity contribution in [3.8, 4) is 11.4 Å². The molecule has 10 heteroatoms. The van der Waals surface area contributed by atoms with E-state index in [0.29, 0.717) is 23.7 Å². The third-order valence-corrected chi connectivity index (χ3v) is 8.66. The Morgan fingerprint density at radius 2 is 1.70 bits per heavy atom. The van der Waals surface area contributed by atoms with Crippen LogP contribution in [0.5, 0.6) is 0 Å². The summed E-state index contributed by atoms with van der Waals surface area (Å²) in [5, 5.41) is 11.9. The number of anilines is 3. The van der Waals surface area contributed by atoms with Crippen molar-refractivity contribution in [3.63, 3.8) is 0 Å². The lowest BCUT2D eigenvalue weighted by atomic mass is 9.90. The van der Waals surface area contributed by atoms with Crippen molar-refractivity contribution in [3.05, 3.63) is 41.5 Å². The molecule has 1 aliphatic heterocycles. The van der Waals surface area contributed by atoms with E-state index in [1.807, 2.05) is 30.5 Å². The molecule has 0 atom stereocenters. The van der Waals surface area contributed by atoms with Gasteiger partial charge in [-0.15, -0.1) is 11.3 Å². The molecule has 0 bridgehead atoms. The number of hydrogen-bond donors (Lipinski definition) is 2. The number of hydrogen-bond acceptors (Lipinski definition) is 9. The van der Waals surface area contributed by atoms with Gasteiger partial charge in [0.25, 0.3) is 0 Å². The number of nitrogens with zero attached hydrogens (tertiary/aromatic N) is 7. The predicted molar refractivity (Wildman–Crippen MR) is 150 cm³/mol. The number of nitrogens with one attached hydrogen (secondary N) is 1. The molecule has 0 unspecified atom stereocenters. The van der Waals surface area contributed by atoms with Gasteiger partial charge < -0.3 is 16.0 Å². The third-order valence-electron chi connectivity index (χ3n) is 7.86. The van der Waals surface area contributed by atoms with E-state index in [1.54, 1.807) is 11.3 Å². The van der Waals surface area contributed by atoms with Gasteiger partial charge in [-0.05, 0) is 63.4 Å². The van der Waals surface area contributed by atoms with E-state index in [4.69, 9.17) is 15.8 Å². The number of rotatable bonds is 6. The van der Waals surface area contributed by atoms with Crippen LogP contribution in [0.2, 0.25) is 0 Å².